The lowest BCUT2D eigenvalue weighted by atomic mass is 10.1. The summed E-state index contributed by atoms with van der Waals surface area (Å²) in [5, 5.41) is 5.70. The van der Waals surface area contributed by atoms with E-state index in [1.54, 1.807) is 31.4 Å². The monoisotopic (exact) mass is 262 g/mol. The molecule has 0 radical (unpaired) electrons. The predicted molar refractivity (Wildman–Crippen MR) is 71.1 cm³/mol. The average Bonchev–Trinajstić information content (AvgIpc) is 2.63. The van der Waals surface area contributed by atoms with Gasteiger partial charge in [0.2, 0.25) is 5.91 Å². The molecule has 1 aliphatic rings. The summed E-state index contributed by atoms with van der Waals surface area (Å²) in [6, 6.07) is 6.83. The van der Waals surface area contributed by atoms with Gasteiger partial charge in [0.15, 0.2) is 0 Å². The largest absolute Gasteiger partial charge is 0.497 e. The van der Waals surface area contributed by atoms with Crippen molar-refractivity contribution in [1.29, 1.82) is 0 Å². The molecule has 0 saturated carbocycles. The summed E-state index contributed by atoms with van der Waals surface area (Å²) in [6.45, 7) is 0.688. The Bertz CT molecular complexity index is 456. The molecule has 1 saturated heterocycles. The van der Waals surface area contributed by atoms with Gasteiger partial charge >= 0.3 is 0 Å². The highest BCUT2D eigenvalue weighted by Gasteiger charge is 2.19. The molecule has 1 aliphatic heterocycles. The summed E-state index contributed by atoms with van der Waals surface area (Å²) in [7, 11) is 1.58. The van der Waals surface area contributed by atoms with Crippen LogP contribution in [0.1, 0.15) is 29.6 Å². The van der Waals surface area contributed by atoms with Crippen LogP contribution in [0.4, 0.5) is 0 Å². The molecule has 0 spiro atoms. The predicted octanol–water partition coefficient (Wildman–Crippen LogP) is 1.09. The van der Waals surface area contributed by atoms with E-state index in [4.69, 9.17) is 4.74 Å². The summed E-state index contributed by atoms with van der Waals surface area (Å²) in [4.78, 5) is 23.5. The minimum absolute atomic E-state index is 0.00229. The first-order valence-electron chi connectivity index (χ1n) is 6.40. The summed E-state index contributed by atoms with van der Waals surface area (Å²) < 4.78 is 5.04. The Balaban J connectivity index is 1.97. The highest BCUT2D eigenvalue weighted by atomic mass is 16.5. The van der Waals surface area contributed by atoms with E-state index in [0.29, 0.717) is 24.3 Å². The van der Waals surface area contributed by atoms with E-state index in [-0.39, 0.29) is 17.9 Å². The zero-order valence-corrected chi connectivity index (χ0v) is 10.9. The lowest BCUT2D eigenvalue weighted by Gasteiger charge is -2.15. The first-order valence-corrected chi connectivity index (χ1v) is 6.40. The number of carbonyl (C=O) groups excluding carboxylic acids is 2. The summed E-state index contributed by atoms with van der Waals surface area (Å²) in [6.07, 6.45) is 2.06. The van der Waals surface area contributed by atoms with Crippen LogP contribution < -0.4 is 15.4 Å². The van der Waals surface area contributed by atoms with Crippen LogP contribution >= 0.6 is 0 Å². The Morgan fingerprint density at radius 3 is 2.79 bits per heavy atom. The van der Waals surface area contributed by atoms with Gasteiger partial charge < -0.3 is 15.4 Å². The Morgan fingerprint density at radius 1 is 1.37 bits per heavy atom. The van der Waals surface area contributed by atoms with Crippen molar-refractivity contribution >= 4 is 11.8 Å². The molecule has 1 aromatic carbocycles. The third-order valence-electron chi connectivity index (χ3n) is 3.17. The fourth-order valence-electron chi connectivity index (χ4n) is 2.11. The minimum atomic E-state index is -0.151. The molecule has 102 valence electrons. The molecule has 1 heterocycles. The van der Waals surface area contributed by atoms with E-state index in [2.05, 4.69) is 10.6 Å². The van der Waals surface area contributed by atoms with Gasteiger partial charge in [-0.05, 0) is 37.1 Å². The molecule has 19 heavy (non-hydrogen) atoms. The van der Waals surface area contributed by atoms with E-state index in [1.165, 1.54) is 0 Å². The van der Waals surface area contributed by atoms with E-state index in [9.17, 15) is 9.59 Å². The molecule has 1 aromatic rings. The van der Waals surface area contributed by atoms with Gasteiger partial charge in [0.25, 0.3) is 5.91 Å². The Hall–Kier alpha value is -2.04. The highest BCUT2D eigenvalue weighted by molar-refractivity contribution is 5.94. The van der Waals surface area contributed by atoms with Crippen LogP contribution in [-0.4, -0.2) is 31.5 Å². The van der Waals surface area contributed by atoms with E-state index in [0.717, 1.165) is 12.8 Å². The maximum atomic E-state index is 12.0. The molecule has 0 bridgehead atoms. The van der Waals surface area contributed by atoms with Crippen molar-refractivity contribution in [3.8, 4) is 5.75 Å². The first-order chi connectivity index (χ1) is 9.19. The molecule has 2 amide bonds. The van der Waals surface area contributed by atoms with Gasteiger partial charge in [0.05, 0.1) is 7.11 Å². The molecule has 0 unspecified atom stereocenters. The number of hydrogen-bond acceptors (Lipinski definition) is 3. The average molecular weight is 262 g/mol. The third kappa shape index (κ3) is 3.71. The third-order valence-corrected chi connectivity index (χ3v) is 3.17. The fourth-order valence-corrected chi connectivity index (χ4v) is 2.11. The maximum Gasteiger partial charge on any atom is 0.251 e. The van der Waals surface area contributed by atoms with E-state index < -0.39 is 0 Å². The summed E-state index contributed by atoms with van der Waals surface area (Å²) >= 11 is 0. The van der Waals surface area contributed by atoms with Crippen LogP contribution in [0.15, 0.2) is 24.3 Å². The van der Waals surface area contributed by atoms with Gasteiger partial charge in [-0.25, -0.2) is 0 Å². The summed E-state index contributed by atoms with van der Waals surface area (Å²) in [5.74, 6) is 0.560. The van der Waals surface area contributed by atoms with Crippen LogP contribution in [0, 0.1) is 0 Å². The molecule has 1 atom stereocenters. The van der Waals surface area contributed by atoms with Crippen LogP contribution in [0.25, 0.3) is 0 Å². The van der Waals surface area contributed by atoms with Crippen LogP contribution in [0.5, 0.6) is 5.75 Å². The lowest BCUT2D eigenvalue weighted by Crippen LogP contribution is -2.36. The zero-order valence-electron chi connectivity index (χ0n) is 10.9. The number of nitrogens with one attached hydrogen (secondary N) is 2. The topological polar surface area (TPSA) is 67.4 Å². The molecule has 1 fully saturated rings. The van der Waals surface area contributed by atoms with Crippen molar-refractivity contribution < 1.29 is 14.3 Å². The number of benzene rings is 1. The Labute approximate surface area is 112 Å². The van der Waals surface area contributed by atoms with Gasteiger partial charge in [-0.15, -0.1) is 0 Å². The highest BCUT2D eigenvalue weighted by Crippen LogP contribution is 2.12. The number of carbonyl (C=O) groups is 2. The molecule has 0 aromatic heterocycles. The van der Waals surface area contributed by atoms with Crippen molar-refractivity contribution in [1.82, 2.24) is 10.6 Å². The standard InChI is InChI=1S/C14H18N2O3/c1-19-12-6-4-10(5-7-12)14(18)16-11-3-2-8-15-13(17)9-11/h4-7,11H,2-3,8-9H2,1H3,(H,15,17)(H,16,18)/t11-/m0/s1. The molecular weight excluding hydrogens is 244 g/mol. The van der Waals surface area contributed by atoms with Gasteiger partial charge in [-0.3, -0.25) is 9.59 Å². The van der Waals surface area contributed by atoms with Crippen molar-refractivity contribution in [2.45, 2.75) is 25.3 Å². The Morgan fingerprint density at radius 2 is 2.11 bits per heavy atom. The summed E-state index contributed by atoms with van der Waals surface area (Å²) in [5.41, 5.74) is 0.574. The van der Waals surface area contributed by atoms with Gasteiger partial charge in [-0.1, -0.05) is 0 Å². The molecule has 2 N–H and O–H groups in total. The molecule has 0 aliphatic carbocycles. The van der Waals surface area contributed by atoms with E-state index >= 15 is 0 Å². The zero-order chi connectivity index (χ0) is 13.7. The molecule has 5 nitrogen and oxygen atoms in total. The van der Waals surface area contributed by atoms with Crippen LogP contribution in [0.3, 0.4) is 0 Å². The van der Waals surface area contributed by atoms with Crippen molar-refractivity contribution in [3.63, 3.8) is 0 Å². The maximum absolute atomic E-state index is 12.0. The smallest absolute Gasteiger partial charge is 0.251 e. The van der Waals surface area contributed by atoms with Crippen molar-refractivity contribution in [3.05, 3.63) is 29.8 Å². The van der Waals surface area contributed by atoms with Crippen LogP contribution in [-0.2, 0) is 4.79 Å². The number of methoxy groups -OCH3 is 1. The molecule has 2 rings (SSSR count). The lowest BCUT2D eigenvalue weighted by molar-refractivity contribution is -0.121. The van der Waals surface area contributed by atoms with E-state index in [1.807, 2.05) is 0 Å². The van der Waals surface area contributed by atoms with Gasteiger partial charge in [0.1, 0.15) is 5.75 Å². The normalized spacial score (nSPS) is 19.2. The number of rotatable bonds is 3. The molecular formula is C14H18N2O3. The van der Waals surface area contributed by atoms with Gasteiger partial charge in [-0.2, -0.15) is 0 Å². The minimum Gasteiger partial charge on any atom is -0.497 e. The first kappa shape index (κ1) is 13.4. The second-order valence-electron chi connectivity index (χ2n) is 4.60. The van der Waals surface area contributed by atoms with Crippen LogP contribution in [0.2, 0.25) is 0 Å². The SMILES string of the molecule is COc1ccc(C(=O)N[C@H]2CCCNC(=O)C2)cc1. The second kappa shape index (κ2) is 6.22. The fraction of sp³-hybridized carbons (Fsp3) is 0.429. The van der Waals surface area contributed by atoms with Crippen molar-refractivity contribution in [2.75, 3.05) is 13.7 Å². The number of ether oxygens (including phenoxy) is 1. The quantitative estimate of drug-likeness (QED) is 0.857. The molecule has 5 heteroatoms. The van der Waals surface area contributed by atoms with Gasteiger partial charge in [0, 0.05) is 24.6 Å². The Kier molecular flexibility index (Phi) is 4.39. The number of hydrogen-bond donors (Lipinski definition) is 2. The second-order valence-corrected chi connectivity index (χ2v) is 4.60. The number of amides is 2. The van der Waals surface area contributed by atoms with Crippen molar-refractivity contribution in [2.24, 2.45) is 0 Å².